The van der Waals surface area contributed by atoms with Gasteiger partial charge in [-0.1, -0.05) is 117 Å². The van der Waals surface area contributed by atoms with Gasteiger partial charge in [0.15, 0.2) is 0 Å². The summed E-state index contributed by atoms with van der Waals surface area (Å²) in [5, 5.41) is 4.73. The van der Waals surface area contributed by atoms with Gasteiger partial charge >= 0.3 is 0 Å². The first-order valence-corrected chi connectivity index (χ1v) is 16.2. The van der Waals surface area contributed by atoms with E-state index in [1.54, 1.807) is 0 Å². The van der Waals surface area contributed by atoms with E-state index in [2.05, 4.69) is 158 Å². The van der Waals surface area contributed by atoms with Crippen molar-refractivity contribution in [1.29, 1.82) is 0 Å². The zero-order valence-corrected chi connectivity index (χ0v) is 26.2. The highest BCUT2D eigenvalue weighted by atomic mass is 16.3. The van der Waals surface area contributed by atoms with E-state index in [0.717, 1.165) is 55.6 Å². The Labute approximate surface area is 272 Å². The van der Waals surface area contributed by atoms with Crippen LogP contribution in [0.1, 0.15) is 25.0 Å². The molecule has 0 atom stereocenters. The molecule has 0 bridgehead atoms. The quantitative estimate of drug-likeness (QED) is 0.201. The van der Waals surface area contributed by atoms with Gasteiger partial charge in [0.1, 0.15) is 17.0 Å². The van der Waals surface area contributed by atoms with Crippen molar-refractivity contribution in [1.82, 2.24) is 9.55 Å². The molecule has 3 nitrogen and oxygen atoms in total. The number of hydrogen-bond donors (Lipinski definition) is 0. The van der Waals surface area contributed by atoms with Crippen LogP contribution in [0.3, 0.4) is 0 Å². The van der Waals surface area contributed by atoms with Crippen molar-refractivity contribution in [2.24, 2.45) is 0 Å². The summed E-state index contributed by atoms with van der Waals surface area (Å²) in [4.78, 5) is 5.09. The molecule has 0 fully saturated rings. The van der Waals surface area contributed by atoms with E-state index in [1.165, 1.54) is 38.6 Å². The summed E-state index contributed by atoms with van der Waals surface area (Å²) in [7, 11) is 0. The van der Waals surface area contributed by atoms with Gasteiger partial charge in [-0.05, 0) is 81.1 Å². The maximum atomic E-state index is 6.61. The molecule has 47 heavy (non-hydrogen) atoms. The van der Waals surface area contributed by atoms with Gasteiger partial charge in [0, 0.05) is 33.0 Å². The van der Waals surface area contributed by atoms with Crippen molar-refractivity contribution < 1.29 is 4.42 Å². The molecule has 0 unspecified atom stereocenters. The zero-order chi connectivity index (χ0) is 31.3. The fourth-order valence-corrected chi connectivity index (χ4v) is 7.90. The molecule has 2 aromatic heterocycles. The minimum atomic E-state index is -0.211. The number of imidazole rings is 1. The van der Waals surface area contributed by atoms with E-state index in [9.17, 15) is 0 Å². The molecule has 3 heteroatoms. The van der Waals surface area contributed by atoms with Crippen molar-refractivity contribution in [2.45, 2.75) is 19.3 Å². The largest absolute Gasteiger partial charge is 0.455 e. The van der Waals surface area contributed by atoms with Gasteiger partial charge in [0.2, 0.25) is 0 Å². The molecular weight excluding hydrogens is 572 g/mol. The van der Waals surface area contributed by atoms with Crippen molar-refractivity contribution in [3.8, 4) is 39.3 Å². The van der Waals surface area contributed by atoms with E-state index >= 15 is 0 Å². The van der Waals surface area contributed by atoms with Crippen molar-refractivity contribution in [3.63, 3.8) is 0 Å². The van der Waals surface area contributed by atoms with Crippen LogP contribution in [0, 0.1) is 0 Å². The lowest BCUT2D eigenvalue weighted by atomic mass is 9.81. The maximum Gasteiger partial charge on any atom is 0.145 e. The standard InChI is InChI=1S/C44H30N2O/c1-44(2)36-25-29(41-31-15-7-6-14-28(31)24-35-34-16-8-11-19-40(34)47-42(35)41)20-22-32(36)33-23-21-30(26-37(33)44)46-39-18-10-9-17-38(39)45-43(46)27-12-4-3-5-13-27/h3-26H,1-2H3. The Morgan fingerprint density at radius 2 is 1.28 bits per heavy atom. The summed E-state index contributed by atoms with van der Waals surface area (Å²) in [5.41, 5.74) is 13.5. The summed E-state index contributed by atoms with van der Waals surface area (Å²) in [6.07, 6.45) is 0. The fourth-order valence-electron chi connectivity index (χ4n) is 7.90. The number of para-hydroxylation sites is 3. The monoisotopic (exact) mass is 602 g/mol. The third-order valence-corrected chi connectivity index (χ3v) is 10.2. The van der Waals surface area contributed by atoms with Crippen LogP contribution in [0.5, 0.6) is 0 Å². The van der Waals surface area contributed by atoms with Crippen LogP contribution in [0.4, 0.5) is 0 Å². The van der Waals surface area contributed by atoms with Gasteiger partial charge in [-0.2, -0.15) is 0 Å². The van der Waals surface area contributed by atoms with Crippen LogP contribution < -0.4 is 0 Å². The average Bonchev–Trinajstić information content (AvgIpc) is 3.75. The molecule has 0 amide bonds. The predicted molar refractivity (Wildman–Crippen MR) is 194 cm³/mol. The van der Waals surface area contributed by atoms with Gasteiger partial charge < -0.3 is 4.42 Å². The average molecular weight is 603 g/mol. The Kier molecular flexibility index (Phi) is 5.34. The first-order chi connectivity index (χ1) is 23.1. The lowest BCUT2D eigenvalue weighted by Gasteiger charge is -2.23. The summed E-state index contributed by atoms with van der Waals surface area (Å²) in [6.45, 7) is 4.71. The molecule has 0 N–H and O–H groups in total. The minimum Gasteiger partial charge on any atom is -0.455 e. The van der Waals surface area contributed by atoms with Gasteiger partial charge in [-0.3, -0.25) is 4.57 Å². The number of nitrogens with zero attached hydrogens (tertiary/aromatic N) is 2. The highest BCUT2D eigenvalue weighted by Crippen LogP contribution is 2.51. The van der Waals surface area contributed by atoms with Gasteiger partial charge in [0.05, 0.1) is 11.0 Å². The smallest absolute Gasteiger partial charge is 0.145 e. The van der Waals surface area contributed by atoms with Crippen LogP contribution in [0.2, 0.25) is 0 Å². The number of fused-ring (bicyclic) bond motifs is 8. The summed E-state index contributed by atoms with van der Waals surface area (Å²) < 4.78 is 8.92. The van der Waals surface area contributed by atoms with E-state index in [-0.39, 0.29) is 5.41 Å². The highest BCUT2D eigenvalue weighted by molar-refractivity contribution is 6.18. The molecule has 1 aliphatic carbocycles. The molecule has 10 rings (SSSR count). The molecule has 0 saturated heterocycles. The summed E-state index contributed by atoms with van der Waals surface area (Å²) in [6, 6.07) is 52.1. The number of rotatable bonds is 3. The Hall–Kier alpha value is -5.93. The number of benzene rings is 7. The molecule has 9 aromatic rings. The molecule has 0 aliphatic heterocycles. The maximum absolute atomic E-state index is 6.61. The van der Waals surface area contributed by atoms with Crippen molar-refractivity contribution in [3.05, 3.63) is 157 Å². The molecule has 0 spiro atoms. The molecule has 2 heterocycles. The fraction of sp³-hybridized carbons (Fsp3) is 0.0682. The molecule has 7 aromatic carbocycles. The Bertz CT molecular complexity index is 2710. The zero-order valence-electron chi connectivity index (χ0n) is 26.2. The lowest BCUT2D eigenvalue weighted by Crippen LogP contribution is -2.15. The predicted octanol–water partition coefficient (Wildman–Crippen LogP) is 11.7. The molecule has 0 radical (unpaired) electrons. The van der Waals surface area contributed by atoms with Crippen LogP contribution in [0.15, 0.2) is 150 Å². The Morgan fingerprint density at radius 3 is 2.15 bits per heavy atom. The topological polar surface area (TPSA) is 31.0 Å². The summed E-state index contributed by atoms with van der Waals surface area (Å²) in [5.74, 6) is 0.952. The number of furan rings is 1. The minimum absolute atomic E-state index is 0.211. The highest BCUT2D eigenvalue weighted by Gasteiger charge is 2.36. The number of aromatic nitrogens is 2. The normalized spacial score (nSPS) is 13.5. The van der Waals surface area contributed by atoms with Crippen LogP contribution in [-0.4, -0.2) is 9.55 Å². The Balaban J connectivity index is 1.17. The molecule has 1 aliphatic rings. The second-order valence-corrected chi connectivity index (χ2v) is 13.2. The first kappa shape index (κ1) is 26.3. The second kappa shape index (κ2) is 9.54. The van der Waals surface area contributed by atoms with Crippen LogP contribution in [-0.2, 0) is 5.41 Å². The van der Waals surface area contributed by atoms with Gasteiger partial charge in [-0.25, -0.2) is 4.98 Å². The molecule has 0 saturated carbocycles. The van der Waals surface area contributed by atoms with E-state index < -0.39 is 0 Å². The van der Waals surface area contributed by atoms with Crippen molar-refractivity contribution in [2.75, 3.05) is 0 Å². The van der Waals surface area contributed by atoms with Crippen LogP contribution >= 0.6 is 0 Å². The van der Waals surface area contributed by atoms with E-state index in [1.807, 2.05) is 6.07 Å². The second-order valence-electron chi connectivity index (χ2n) is 13.2. The molecule has 222 valence electrons. The lowest BCUT2D eigenvalue weighted by molar-refractivity contribution is 0.659. The van der Waals surface area contributed by atoms with Gasteiger partial charge in [-0.15, -0.1) is 0 Å². The third-order valence-electron chi connectivity index (χ3n) is 10.2. The third kappa shape index (κ3) is 3.71. The Morgan fingerprint density at radius 1 is 0.574 bits per heavy atom. The van der Waals surface area contributed by atoms with E-state index in [0.29, 0.717) is 0 Å². The first-order valence-electron chi connectivity index (χ1n) is 16.2. The molecular formula is C44H30N2O. The number of hydrogen-bond acceptors (Lipinski definition) is 2. The van der Waals surface area contributed by atoms with Gasteiger partial charge in [0.25, 0.3) is 0 Å². The van der Waals surface area contributed by atoms with Crippen molar-refractivity contribution >= 4 is 43.7 Å². The van der Waals surface area contributed by atoms with E-state index in [4.69, 9.17) is 9.40 Å². The summed E-state index contributed by atoms with van der Waals surface area (Å²) >= 11 is 0. The van der Waals surface area contributed by atoms with Crippen LogP contribution in [0.25, 0.3) is 83.1 Å². The SMILES string of the molecule is CC1(C)c2cc(-c3c4ccccc4cc4c3oc3ccccc34)ccc2-c2ccc(-n3c(-c4ccccc4)nc4ccccc43)cc21.